The van der Waals surface area contributed by atoms with E-state index < -0.39 is 5.82 Å². The number of imidazole rings is 1. The van der Waals surface area contributed by atoms with E-state index in [9.17, 15) is 9.18 Å². The van der Waals surface area contributed by atoms with Crippen LogP contribution in [0.2, 0.25) is 0 Å². The first-order valence-corrected chi connectivity index (χ1v) is 13.2. The summed E-state index contributed by atoms with van der Waals surface area (Å²) < 4.78 is 22.2. The van der Waals surface area contributed by atoms with Gasteiger partial charge >= 0.3 is 0 Å². The number of para-hydroxylation sites is 3. The van der Waals surface area contributed by atoms with Gasteiger partial charge in [0.05, 0.1) is 23.2 Å². The van der Waals surface area contributed by atoms with Crippen LogP contribution in [0.3, 0.4) is 0 Å². The van der Waals surface area contributed by atoms with Crippen LogP contribution in [-0.2, 0) is 13.0 Å². The monoisotopic (exact) mass is 501 g/mol. The molecule has 3 aromatic carbocycles. The Morgan fingerprint density at radius 3 is 2.46 bits per heavy atom. The average molecular weight is 502 g/mol. The molecule has 0 saturated heterocycles. The summed E-state index contributed by atoms with van der Waals surface area (Å²) in [4.78, 5) is 17.0. The van der Waals surface area contributed by atoms with E-state index in [0.29, 0.717) is 13.2 Å². The summed E-state index contributed by atoms with van der Waals surface area (Å²) in [7, 11) is 0. The summed E-state index contributed by atoms with van der Waals surface area (Å²) in [6, 6.07) is 20.6. The third kappa shape index (κ3) is 6.97. The summed E-state index contributed by atoms with van der Waals surface area (Å²) >= 11 is 0. The summed E-state index contributed by atoms with van der Waals surface area (Å²) in [6.45, 7) is 6.31. The SMILES string of the molecule is Cc1cccc(C)c1OCCCCn1c(CCCCCNC(=O)c2ccccc2F)nc2ccccc21. The van der Waals surface area contributed by atoms with Crippen molar-refractivity contribution >= 4 is 16.9 Å². The highest BCUT2D eigenvalue weighted by molar-refractivity contribution is 5.94. The van der Waals surface area contributed by atoms with Crippen molar-refractivity contribution in [3.05, 3.63) is 95.1 Å². The first kappa shape index (κ1) is 26.4. The Labute approximate surface area is 218 Å². The highest BCUT2D eigenvalue weighted by Gasteiger charge is 2.12. The van der Waals surface area contributed by atoms with Crippen LogP contribution < -0.4 is 10.1 Å². The molecule has 194 valence electrons. The third-order valence-electron chi connectivity index (χ3n) is 6.65. The van der Waals surface area contributed by atoms with Gasteiger partial charge in [0.1, 0.15) is 17.4 Å². The highest BCUT2D eigenvalue weighted by Crippen LogP contribution is 2.23. The Morgan fingerprint density at radius 2 is 1.65 bits per heavy atom. The number of halogens is 1. The second-order valence-corrected chi connectivity index (χ2v) is 9.49. The predicted octanol–water partition coefficient (Wildman–Crippen LogP) is 6.79. The number of amides is 1. The largest absolute Gasteiger partial charge is 0.493 e. The van der Waals surface area contributed by atoms with Crippen LogP contribution in [0, 0.1) is 19.7 Å². The zero-order valence-corrected chi connectivity index (χ0v) is 21.8. The molecule has 0 atom stereocenters. The lowest BCUT2D eigenvalue weighted by atomic mass is 10.1. The number of aryl methyl sites for hydroxylation is 4. The molecule has 1 N–H and O–H groups in total. The number of nitrogens with zero attached hydrogens (tertiary/aromatic N) is 2. The molecule has 0 radical (unpaired) electrons. The minimum atomic E-state index is -0.490. The Balaban J connectivity index is 1.24. The number of fused-ring (bicyclic) bond motifs is 1. The molecule has 0 aliphatic heterocycles. The highest BCUT2D eigenvalue weighted by atomic mass is 19.1. The van der Waals surface area contributed by atoms with Gasteiger partial charge in [-0.05, 0) is 74.9 Å². The molecule has 37 heavy (non-hydrogen) atoms. The average Bonchev–Trinajstić information content (AvgIpc) is 3.24. The maximum Gasteiger partial charge on any atom is 0.254 e. The summed E-state index contributed by atoms with van der Waals surface area (Å²) in [5, 5.41) is 2.82. The van der Waals surface area contributed by atoms with Gasteiger partial charge in [0.15, 0.2) is 0 Å². The minimum Gasteiger partial charge on any atom is -0.493 e. The van der Waals surface area contributed by atoms with Gasteiger partial charge in [-0.2, -0.15) is 0 Å². The number of unbranched alkanes of at least 4 members (excludes halogenated alkanes) is 3. The number of carbonyl (C=O) groups excluding carboxylic acids is 1. The topological polar surface area (TPSA) is 56.1 Å². The number of benzene rings is 3. The van der Waals surface area contributed by atoms with Crippen LogP contribution in [0.1, 0.15) is 59.4 Å². The van der Waals surface area contributed by atoms with Crippen molar-refractivity contribution in [3.63, 3.8) is 0 Å². The summed E-state index contributed by atoms with van der Waals surface area (Å²) in [5.74, 6) is 1.26. The van der Waals surface area contributed by atoms with Crippen LogP contribution >= 0.6 is 0 Å². The maximum atomic E-state index is 13.7. The third-order valence-corrected chi connectivity index (χ3v) is 6.65. The van der Waals surface area contributed by atoms with Gasteiger partial charge < -0.3 is 14.6 Å². The number of hydrogen-bond acceptors (Lipinski definition) is 3. The molecular formula is C31H36FN3O2. The second-order valence-electron chi connectivity index (χ2n) is 9.49. The van der Waals surface area contributed by atoms with E-state index in [1.165, 1.54) is 28.8 Å². The molecule has 0 saturated carbocycles. The molecule has 0 aliphatic rings. The van der Waals surface area contributed by atoms with Crippen molar-refractivity contribution in [2.45, 2.75) is 58.9 Å². The molecule has 1 amide bonds. The number of carbonyl (C=O) groups is 1. The van der Waals surface area contributed by atoms with Gasteiger partial charge in [-0.15, -0.1) is 0 Å². The molecule has 0 bridgehead atoms. The fraction of sp³-hybridized carbons (Fsp3) is 0.355. The minimum absolute atomic E-state index is 0.0932. The van der Waals surface area contributed by atoms with Crippen molar-refractivity contribution in [2.24, 2.45) is 0 Å². The normalized spacial score (nSPS) is 11.1. The zero-order valence-electron chi connectivity index (χ0n) is 21.8. The first-order chi connectivity index (χ1) is 18.0. The smallest absolute Gasteiger partial charge is 0.254 e. The molecule has 0 aliphatic carbocycles. The molecule has 6 heteroatoms. The fourth-order valence-electron chi connectivity index (χ4n) is 4.67. The van der Waals surface area contributed by atoms with Crippen LogP contribution in [0.25, 0.3) is 11.0 Å². The molecule has 1 heterocycles. The lowest BCUT2D eigenvalue weighted by Gasteiger charge is -2.13. The molecule has 4 rings (SSSR count). The second kappa shape index (κ2) is 13.0. The van der Waals surface area contributed by atoms with Crippen molar-refractivity contribution in [2.75, 3.05) is 13.2 Å². The Kier molecular flexibility index (Phi) is 9.30. The standard InChI is InChI=1S/C31H36FN3O2/c1-23-13-12-14-24(2)30(23)37-22-11-10-21-35-28-18-8-7-17-27(28)34-29(35)19-4-3-9-20-33-31(36)25-15-5-6-16-26(25)32/h5-8,12-18H,3-4,9-11,19-22H2,1-2H3,(H,33,36). The van der Waals surface area contributed by atoms with Crippen LogP contribution in [-0.4, -0.2) is 28.6 Å². The lowest BCUT2D eigenvalue weighted by Crippen LogP contribution is -2.25. The van der Waals surface area contributed by atoms with Gasteiger partial charge in [-0.1, -0.05) is 48.9 Å². The Morgan fingerprint density at radius 1 is 0.892 bits per heavy atom. The van der Waals surface area contributed by atoms with Gasteiger partial charge in [0.25, 0.3) is 5.91 Å². The van der Waals surface area contributed by atoms with Crippen LogP contribution in [0.4, 0.5) is 4.39 Å². The van der Waals surface area contributed by atoms with E-state index in [4.69, 9.17) is 9.72 Å². The molecule has 0 fully saturated rings. The maximum absolute atomic E-state index is 13.7. The Bertz CT molecular complexity index is 1310. The number of rotatable bonds is 13. The Hall–Kier alpha value is -3.67. The number of hydrogen-bond donors (Lipinski definition) is 1. The predicted molar refractivity (Wildman–Crippen MR) is 147 cm³/mol. The van der Waals surface area contributed by atoms with Gasteiger partial charge in [-0.25, -0.2) is 9.37 Å². The molecule has 1 aromatic heterocycles. The van der Waals surface area contributed by atoms with Crippen LogP contribution in [0.15, 0.2) is 66.7 Å². The fourth-order valence-corrected chi connectivity index (χ4v) is 4.67. The molecule has 0 unspecified atom stereocenters. The van der Waals surface area contributed by atoms with Crippen LogP contribution in [0.5, 0.6) is 5.75 Å². The zero-order chi connectivity index (χ0) is 26.0. The van der Waals surface area contributed by atoms with E-state index in [2.05, 4.69) is 60.1 Å². The van der Waals surface area contributed by atoms with Crippen molar-refractivity contribution in [1.29, 1.82) is 0 Å². The molecule has 0 spiro atoms. The van der Waals surface area contributed by atoms with E-state index in [1.807, 2.05) is 6.07 Å². The van der Waals surface area contributed by atoms with Crippen molar-refractivity contribution in [1.82, 2.24) is 14.9 Å². The number of ether oxygens (including phenoxy) is 1. The van der Waals surface area contributed by atoms with E-state index in [1.54, 1.807) is 12.1 Å². The summed E-state index contributed by atoms with van der Waals surface area (Å²) in [5.41, 5.74) is 4.65. The molecular weight excluding hydrogens is 465 g/mol. The van der Waals surface area contributed by atoms with Crippen molar-refractivity contribution in [3.8, 4) is 5.75 Å². The van der Waals surface area contributed by atoms with E-state index >= 15 is 0 Å². The summed E-state index contributed by atoms with van der Waals surface area (Å²) in [6.07, 6.45) is 5.66. The van der Waals surface area contributed by atoms with E-state index in [0.717, 1.165) is 62.2 Å². The van der Waals surface area contributed by atoms with Crippen molar-refractivity contribution < 1.29 is 13.9 Å². The molecule has 4 aromatic rings. The lowest BCUT2D eigenvalue weighted by molar-refractivity contribution is 0.0949. The molecule has 5 nitrogen and oxygen atoms in total. The van der Waals surface area contributed by atoms with Gasteiger partial charge in [-0.3, -0.25) is 4.79 Å². The number of aromatic nitrogens is 2. The van der Waals surface area contributed by atoms with E-state index in [-0.39, 0.29) is 11.5 Å². The number of nitrogens with one attached hydrogen (secondary N) is 1. The quantitative estimate of drug-likeness (QED) is 0.205. The first-order valence-electron chi connectivity index (χ1n) is 13.2. The van der Waals surface area contributed by atoms with Gasteiger partial charge in [0, 0.05) is 19.5 Å². The van der Waals surface area contributed by atoms with Gasteiger partial charge in [0.2, 0.25) is 0 Å².